The summed E-state index contributed by atoms with van der Waals surface area (Å²) >= 11 is 0. The van der Waals surface area contributed by atoms with Crippen molar-refractivity contribution in [2.75, 3.05) is 13.6 Å². The van der Waals surface area contributed by atoms with Gasteiger partial charge in [0.05, 0.1) is 12.2 Å². The summed E-state index contributed by atoms with van der Waals surface area (Å²) in [5.74, 6) is 0.520. The van der Waals surface area contributed by atoms with Crippen molar-refractivity contribution in [3.05, 3.63) is 83.0 Å². The minimum absolute atomic E-state index is 0.0214. The number of nitrogens with one attached hydrogen (secondary N) is 1. The number of guanidine groups is 1. The Kier molecular flexibility index (Phi) is 4.95. The van der Waals surface area contributed by atoms with Gasteiger partial charge in [-0.25, -0.2) is 0 Å². The van der Waals surface area contributed by atoms with E-state index in [1.54, 1.807) is 30.1 Å². The van der Waals surface area contributed by atoms with E-state index in [9.17, 15) is 9.59 Å². The van der Waals surface area contributed by atoms with E-state index < -0.39 is 0 Å². The lowest BCUT2D eigenvalue weighted by Gasteiger charge is -2.10. The van der Waals surface area contributed by atoms with Gasteiger partial charge in [-0.1, -0.05) is 60.6 Å². The van der Waals surface area contributed by atoms with E-state index in [-0.39, 0.29) is 24.2 Å². The van der Waals surface area contributed by atoms with Crippen LogP contribution in [0.4, 0.5) is 5.88 Å². The van der Waals surface area contributed by atoms with E-state index in [1.165, 1.54) is 0 Å². The Labute approximate surface area is 168 Å². The van der Waals surface area contributed by atoms with Crippen molar-refractivity contribution in [2.45, 2.75) is 12.8 Å². The molecule has 7 heteroatoms. The number of benzene rings is 2. The van der Waals surface area contributed by atoms with Crippen molar-refractivity contribution in [1.82, 2.24) is 15.4 Å². The van der Waals surface area contributed by atoms with Gasteiger partial charge in [0.25, 0.3) is 5.88 Å². The third-order valence-electron chi connectivity index (χ3n) is 4.85. The Morgan fingerprint density at radius 1 is 1.14 bits per heavy atom. The lowest BCUT2D eigenvalue weighted by molar-refractivity contribution is -0.118. The number of nitrogens with zero attached hydrogens (tertiary/aromatic N) is 3. The second-order valence-corrected chi connectivity index (χ2v) is 6.97. The molecule has 1 atom stereocenters. The molecular formula is C22H20N4O3. The van der Waals surface area contributed by atoms with E-state index in [1.807, 2.05) is 49.4 Å². The third kappa shape index (κ3) is 3.94. The number of rotatable bonds is 5. The average Bonchev–Trinajstić information content (AvgIpc) is 3.33. The number of hydrogen-bond acceptors (Lipinski definition) is 5. The molecule has 1 aliphatic rings. The maximum absolute atomic E-state index is 12.7. The minimum atomic E-state index is -0.112. The SMILES string of the molecule is CC(c1cccc(C(=O)c2ccccc2)c1)c1cc(/N=C2\NC(=O)CN2C)on1. The molecule has 7 nitrogen and oxygen atoms in total. The number of aliphatic imine (C=N–C) groups is 1. The van der Waals surface area contributed by atoms with Crippen molar-refractivity contribution in [3.63, 3.8) is 0 Å². The van der Waals surface area contributed by atoms with Crippen molar-refractivity contribution in [2.24, 2.45) is 4.99 Å². The normalized spacial score (nSPS) is 16.1. The van der Waals surface area contributed by atoms with Crippen LogP contribution < -0.4 is 5.32 Å². The lowest BCUT2D eigenvalue weighted by atomic mass is 9.94. The highest BCUT2D eigenvalue weighted by Crippen LogP contribution is 2.27. The standard InChI is InChI=1S/C22H20N4O3/c1-14(18-12-20(29-25-18)24-22-23-19(27)13-26(22)2)16-9-6-10-17(11-16)21(28)15-7-4-3-5-8-15/h3-12,14H,13H2,1-2H3,(H,23,24,27). The molecule has 1 unspecified atom stereocenters. The molecule has 1 aliphatic heterocycles. The van der Waals surface area contributed by atoms with Crippen molar-refractivity contribution < 1.29 is 14.1 Å². The van der Waals surface area contributed by atoms with E-state index >= 15 is 0 Å². The van der Waals surface area contributed by atoms with E-state index in [2.05, 4.69) is 15.5 Å². The highest BCUT2D eigenvalue weighted by atomic mass is 16.5. The highest BCUT2D eigenvalue weighted by molar-refractivity contribution is 6.09. The maximum atomic E-state index is 12.7. The first-order valence-electron chi connectivity index (χ1n) is 9.27. The van der Waals surface area contributed by atoms with Crippen LogP contribution in [0.25, 0.3) is 0 Å². The van der Waals surface area contributed by atoms with Crippen LogP contribution in [0.3, 0.4) is 0 Å². The van der Waals surface area contributed by atoms with Crippen LogP contribution in [-0.2, 0) is 4.79 Å². The predicted octanol–water partition coefficient (Wildman–Crippen LogP) is 3.11. The number of amides is 1. The van der Waals surface area contributed by atoms with Crippen molar-refractivity contribution in [3.8, 4) is 0 Å². The number of carbonyl (C=O) groups is 2. The fourth-order valence-corrected chi connectivity index (χ4v) is 3.18. The number of ketones is 1. The second-order valence-electron chi connectivity index (χ2n) is 6.97. The molecule has 1 amide bonds. The summed E-state index contributed by atoms with van der Waals surface area (Å²) in [4.78, 5) is 30.2. The largest absolute Gasteiger partial charge is 0.336 e. The molecule has 4 rings (SSSR count). The number of hydrogen-bond donors (Lipinski definition) is 1. The van der Waals surface area contributed by atoms with Crippen LogP contribution >= 0.6 is 0 Å². The van der Waals surface area contributed by atoms with E-state index in [0.29, 0.717) is 28.7 Å². The summed E-state index contributed by atoms with van der Waals surface area (Å²) in [5.41, 5.74) is 2.92. The Morgan fingerprint density at radius 3 is 2.62 bits per heavy atom. The van der Waals surface area contributed by atoms with Gasteiger partial charge in [-0.15, -0.1) is 0 Å². The van der Waals surface area contributed by atoms with Gasteiger partial charge < -0.3 is 9.42 Å². The Hall–Kier alpha value is -3.74. The molecule has 0 spiro atoms. The Bertz CT molecular complexity index is 1090. The van der Waals surface area contributed by atoms with Gasteiger partial charge in [0.2, 0.25) is 11.9 Å². The molecule has 0 saturated carbocycles. The molecule has 29 heavy (non-hydrogen) atoms. The van der Waals surface area contributed by atoms with Gasteiger partial charge in [0.1, 0.15) is 0 Å². The fourth-order valence-electron chi connectivity index (χ4n) is 3.18. The topological polar surface area (TPSA) is 87.8 Å². The molecule has 1 N–H and O–H groups in total. The number of aromatic nitrogens is 1. The van der Waals surface area contributed by atoms with Gasteiger partial charge in [-0.05, 0) is 11.6 Å². The summed E-state index contributed by atoms with van der Waals surface area (Å²) in [6.45, 7) is 2.25. The monoisotopic (exact) mass is 388 g/mol. The van der Waals surface area contributed by atoms with Crippen molar-refractivity contribution >= 4 is 23.5 Å². The second kappa shape index (κ2) is 7.71. The molecule has 146 valence electrons. The maximum Gasteiger partial charge on any atom is 0.253 e. The van der Waals surface area contributed by atoms with Gasteiger partial charge >= 0.3 is 0 Å². The van der Waals surface area contributed by atoms with Gasteiger partial charge in [0, 0.05) is 30.2 Å². The van der Waals surface area contributed by atoms with Crippen LogP contribution in [-0.4, -0.2) is 41.3 Å². The average molecular weight is 388 g/mol. The van der Waals surface area contributed by atoms with Gasteiger partial charge in [0.15, 0.2) is 5.78 Å². The summed E-state index contributed by atoms with van der Waals surface area (Å²) in [7, 11) is 1.77. The van der Waals surface area contributed by atoms with Crippen LogP contribution in [0, 0.1) is 0 Å². The van der Waals surface area contributed by atoms with Crippen LogP contribution in [0.1, 0.15) is 40.0 Å². The molecule has 0 bridgehead atoms. The zero-order chi connectivity index (χ0) is 20.4. The molecule has 1 aromatic heterocycles. The molecule has 0 aliphatic carbocycles. The zero-order valence-corrected chi connectivity index (χ0v) is 16.1. The van der Waals surface area contributed by atoms with Crippen LogP contribution in [0.15, 0.2) is 70.2 Å². The van der Waals surface area contributed by atoms with Crippen molar-refractivity contribution in [1.29, 1.82) is 0 Å². The molecule has 1 saturated heterocycles. The number of likely N-dealkylation sites (N-methyl/N-ethyl adjacent to an activating group) is 1. The van der Waals surface area contributed by atoms with Gasteiger partial charge in [-0.3, -0.25) is 14.9 Å². The molecular weight excluding hydrogens is 368 g/mol. The highest BCUT2D eigenvalue weighted by Gasteiger charge is 2.22. The fraction of sp³-hybridized carbons (Fsp3) is 0.182. The predicted molar refractivity (Wildman–Crippen MR) is 108 cm³/mol. The summed E-state index contributed by atoms with van der Waals surface area (Å²) in [5, 5.41) is 6.78. The molecule has 0 radical (unpaired) electrons. The molecule has 2 aromatic carbocycles. The molecule has 1 fully saturated rings. The zero-order valence-electron chi connectivity index (χ0n) is 16.1. The van der Waals surface area contributed by atoms with Gasteiger partial charge in [-0.2, -0.15) is 4.99 Å². The smallest absolute Gasteiger partial charge is 0.253 e. The Morgan fingerprint density at radius 2 is 1.90 bits per heavy atom. The van der Waals surface area contributed by atoms with E-state index in [0.717, 1.165) is 5.56 Å². The molecule has 3 aromatic rings. The quantitative estimate of drug-likeness (QED) is 0.679. The van der Waals surface area contributed by atoms with Crippen LogP contribution in [0.5, 0.6) is 0 Å². The minimum Gasteiger partial charge on any atom is -0.336 e. The molecule has 2 heterocycles. The first-order valence-corrected chi connectivity index (χ1v) is 9.27. The third-order valence-corrected chi connectivity index (χ3v) is 4.85. The summed E-state index contributed by atoms with van der Waals surface area (Å²) in [6, 6.07) is 18.4. The first kappa shape index (κ1) is 18.6. The number of carbonyl (C=O) groups excluding carboxylic acids is 2. The lowest BCUT2D eigenvalue weighted by Crippen LogP contribution is -2.26. The first-order chi connectivity index (χ1) is 14.0. The Balaban J connectivity index is 1.56. The van der Waals surface area contributed by atoms with Crippen LogP contribution in [0.2, 0.25) is 0 Å². The summed E-state index contributed by atoms with van der Waals surface area (Å²) in [6.07, 6.45) is 0. The van der Waals surface area contributed by atoms with E-state index in [4.69, 9.17) is 4.52 Å². The summed E-state index contributed by atoms with van der Waals surface area (Å²) < 4.78 is 5.32.